The second kappa shape index (κ2) is 54.2. The van der Waals surface area contributed by atoms with Gasteiger partial charge in [0.15, 0.2) is 6.10 Å². The third-order valence-corrected chi connectivity index (χ3v) is 13.0. The molecule has 9 nitrogen and oxygen atoms in total. The van der Waals surface area contributed by atoms with Gasteiger partial charge in [-0.25, -0.2) is 4.57 Å². The summed E-state index contributed by atoms with van der Waals surface area (Å²) >= 11 is 0. The first-order chi connectivity index (χ1) is 36.0. The van der Waals surface area contributed by atoms with Crippen LogP contribution < -0.4 is 0 Å². The van der Waals surface area contributed by atoms with Crippen molar-refractivity contribution in [2.75, 3.05) is 47.5 Å². The highest BCUT2D eigenvalue weighted by Crippen LogP contribution is 2.43. The third-order valence-electron chi connectivity index (χ3n) is 12.0. The molecule has 0 aliphatic rings. The number of likely N-dealkylation sites (N-methyl/N-ethyl adjacent to an activating group) is 1. The van der Waals surface area contributed by atoms with E-state index >= 15 is 0 Å². The van der Waals surface area contributed by atoms with Crippen molar-refractivity contribution in [1.29, 1.82) is 0 Å². The number of carbonyl (C=O) groups is 2. The van der Waals surface area contributed by atoms with Crippen molar-refractivity contribution >= 4 is 19.8 Å². The largest absolute Gasteiger partial charge is 0.472 e. The molecular weight excluding hydrogens is 942 g/mol. The maximum absolute atomic E-state index is 12.8. The van der Waals surface area contributed by atoms with E-state index in [0.29, 0.717) is 17.4 Å². The number of allylic oxidation sites excluding steroid dienone is 20. The van der Waals surface area contributed by atoms with Gasteiger partial charge in [-0.05, 0) is 89.9 Å². The van der Waals surface area contributed by atoms with Crippen LogP contribution in [0.4, 0.5) is 0 Å². The number of rotatable bonds is 52. The van der Waals surface area contributed by atoms with Gasteiger partial charge in [-0.2, -0.15) is 0 Å². The van der Waals surface area contributed by atoms with Crippen LogP contribution in [0.25, 0.3) is 0 Å². The van der Waals surface area contributed by atoms with Crippen LogP contribution in [0.3, 0.4) is 0 Å². The van der Waals surface area contributed by atoms with E-state index in [1.54, 1.807) is 0 Å². The Morgan fingerprint density at radius 1 is 0.432 bits per heavy atom. The number of ether oxygens (including phenoxy) is 2. The summed E-state index contributed by atoms with van der Waals surface area (Å²) in [6.07, 6.45) is 77.0. The molecule has 2 unspecified atom stereocenters. The summed E-state index contributed by atoms with van der Waals surface area (Å²) in [7, 11) is 1.44. The normalized spacial score (nSPS) is 14.2. The van der Waals surface area contributed by atoms with Gasteiger partial charge in [0.25, 0.3) is 0 Å². The summed E-state index contributed by atoms with van der Waals surface area (Å²) < 4.78 is 34.5. The second-order valence-corrected chi connectivity index (χ2v) is 21.8. The maximum atomic E-state index is 12.8. The zero-order chi connectivity index (χ0) is 54.2. The molecule has 1 N–H and O–H groups in total. The minimum Gasteiger partial charge on any atom is -0.462 e. The van der Waals surface area contributed by atoms with Crippen molar-refractivity contribution in [3.8, 4) is 0 Å². The Kier molecular flexibility index (Phi) is 51.6. The fourth-order valence-corrected chi connectivity index (χ4v) is 8.25. The first-order valence-corrected chi connectivity index (χ1v) is 30.8. The van der Waals surface area contributed by atoms with Gasteiger partial charge in [-0.1, -0.05) is 238 Å². The Morgan fingerprint density at radius 2 is 0.770 bits per heavy atom. The highest BCUT2D eigenvalue weighted by Gasteiger charge is 2.27. The van der Waals surface area contributed by atoms with Crippen LogP contribution in [0.15, 0.2) is 122 Å². The van der Waals surface area contributed by atoms with Gasteiger partial charge in [0.2, 0.25) is 0 Å². The van der Waals surface area contributed by atoms with Crippen molar-refractivity contribution < 1.29 is 42.1 Å². The third kappa shape index (κ3) is 57.7. The molecule has 0 amide bonds. The molecule has 2 atom stereocenters. The van der Waals surface area contributed by atoms with Crippen LogP contribution in [-0.4, -0.2) is 74.9 Å². The van der Waals surface area contributed by atoms with E-state index in [1.165, 1.54) is 89.9 Å². The molecule has 0 saturated carbocycles. The first-order valence-electron chi connectivity index (χ1n) is 29.3. The van der Waals surface area contributed by atoms with E-state index in [2.05, 4.69) is 135 Å². The minimum atomic E-state index is -4.40. The van der Waals surface area contributed by atoms with Crippen LogP contribution in [0.2, 0.25) is 0 Å². The van der Waals surface area contributed by atoms with E-state index in [0.717, 1.165) is 96.3 Å². The smallest absolute Gasteiger partial charge is 0.462 e. The number of hydrogen-bond acceptors (Lipinski definition) is 7. The number of unbranched alkanes of at least 4 members (excludes halogenated alkanes) is 18. The van der Waals surface area contributed by atoms with E-state index < -0.39 is 26.5 Å². The SMILES string of the molecule is CC/C=C\C/C=C\C/C=C\C/C=C\C/C=C\C/C=C\C/C=C\C/C=C\C/C=C\C/C=C\CCCCC(=O)OC(COC(=O)CCCCCCCCCCCCCCCCCCC)COP(=O)(O)OCC[N+](C)(C)C. The van der Waals surface area contributed by atoms with Gasteiger partial charge in [0.05, 0.1) is 27.7 Å². The number of nitrogens with zero attached hydrogens (tertiary/aromatic N) is 1. The Bertz CT molecular complexity index is 1660. The van der Waals surface area contributed by atoms with Gasteiger partial charge in [0, 0.05) is 12.8 Å². The maximum Gasteiger partial charge on any atom is 0.472 e. The number of phosphoric acid groups is 1. The summed E-state index contributed by atoms with van der Waals surface area (Å²) in [5, 5.41) is 0. The van der Waals surface area contributed by atoms with Crippen molar-refractivity contribution in [2.45, 2.75) is 225 Å². The summed E-state index contributed by atoms with van der Waals surface area (Å²) in [6, 6.07) is 0. The molecule has 10 heteroatoms. The second-order valence-electron chi connectivity index (χ2n) is 20.3. The molecule has 0 aliphatic carbocycles. The van der Waals surface area contributed by atoms with Gasteiger partial charge >= 0.3 is 19.8 Å². The molecule has 422 valence electrons. The van der Waals surface area contributed by atoms with Crippen LogP contribution in [0, 0.1) is 0 Å². The molecule has 0 saturated heterocycles. The lowest BCUT2D eigenvalue weighted by Crippen LogP contribution is -2.37. The van der Waals surface area contributed by atoms with Crippen LogP contribution >= 0.6 is 7.82 Å². The highest BCUT2D eigenvalue weighted by atomic mass is 31.2. The topological polar surface area (TPSA) is 108 Å². The summed E-state index contributed by atoms with van der Waals surface area (Å²) in [4.78, 5) is 35.6. The number of esters is 2. The Morgan fingerprint density at radius 3 is 1.15 bits per heavy atom. The summed E-state index contributed by atoms with van der Waals surface area (Å²) in [5.41, 5.74) is 0. The molecule has 0 bridgehead atoms. The Hall–Kier alpha value is -3.59. The van der Waals surface area contributed by atoms with E-state index in [-0.39, 0.29) is 32.0 Å². The van der Waals surface area contributed by atoms with Crippen LogP contribution in [0.1, 0.15) is 219 Å². The average molecular weight is 1050 g/mol. The molecule has 0 fully saturated rings. The molecule has 74 heavy (non-hydrogen) atoms. The minimum absolute atomic E-state index is 0.0178. The van der Waals surface area contributed by atoms with Crippen molar-refractivity contribution in [3.63, 3.8) is 0 Å². The van der Waals surface area contributed by atoms with Crippen LogP contribution in [-0.2, 0) is 32.7 Å². The fraction of sp³-hybridized carbons (Fsp3) is 0.656. The summed E-state index contributed by atoms with van der Waals surface area (Å²) in [6.45, 7) is 4.27. The predicted molar refractivity (Wildman–Crippen MR) is 316 cm³/mol. The van der Waals surface area contributed by atoms with E-state index in [1.807, 2.05) is 21.1 Å². The quantitative estimate of drug-likeness (QED) is 0.0211. The number of quaternary nitrogens is 1. The fourth-order valence-electron chi connectivity index (χ4n) is 7.51. The molecule has 0 radical (unpaired) electrons. The molecular formula is C64H109NO8P+. The molecule has 0 spiro atoms. The number of hydrogen-bond donors (Lipinski definition) is 1. The molecule has 0 rings (SSSR count). The van der Waals surface area contributed by atoms with Gasteiger partial charge in [-0.3, -0.25) is 18.6 Å². The van der Waals surface area contributed by atoms with Gasteiger partial charge in [-0.15, -0.1) is 0 Å². The standard InChI is InChI=1S/C64H108NO8P/c1-6-8-10-12-14-16-18-20-22-24-25-26-27-28-29-30-31-32-33-34-35-36-37-38-39-41-43-45-47-49-51-53-55-57-64(67)73-62(61-72-74(68,69)71-59-58-65(3,4)5)60-70-63(66)56-54-52-50-48-46-44-42-40-23-21-19-17-15-13-11-9-7-2/h8,10,14,16,20,22,25-26,28-29,31-32,34-35,37-38,41,43,47,49,62H,6-7,9,11-13,15,17-19,21,23-24,27,30,33,36,39-40,42,44-46,48,50-61H2,1-5H3/p+1/b10-8-,16-14-,22-20-,26-25-,29-28-,32-31-,35-34-,38-37-,43-41-,49-47-. The van der Waals surface area contributed by atoms with Crippen LogP contribution in [0.5, 0.6) is 0 Å². The lowest BCUT2D eigenvalue weighted by atomic mass is 10.0. The Labute approximate surface area is 454 Å². The van der Waals surface area contributed by atoms with E-state index in [9.17, 15) is 19.0 Å². The molecule has 0 aliphatic heterocycles. The van der Waals surface area contributed by atoms with Crippen molar-refractivity contribution in [1.82, 2.24) is 0 Å². The number of phosphoric ester groups is 1. The van der Waals surface area contributed by atoms with Crippen molar-refractivity contribution in [3.05, 3.63) is 122 Å². The molecule has 0 aromatic carbocycles. The monoisotopic (exact) mass is 1050 g/mol. The molecule has 0 heterocycles. The van der Waals surface area contributed by atoms with Gasteiger partial charge < -0.3 is 18.9 Å². The van der Waals surface area contributed by atoms with Crippen molar-refractivity contribution in [2.24, 2.45) is 0 Å². The van der Waals surface area contributed by atoms with E-state index in [4.69, 9.17) is 18.5 Å². The lowest BCUT2D eigenvalue weighted by Gasteiger charge is -2.24. The number of carbonyl (C=O) groups excluding carboxylic acids is 2. The summed E-state index contributed by atoms with van der Waals surface area (Å²) in [5.74, 6) is -0.852. The molecule has 0 aromatic rings. The zero-order valence-electron chi connectivity index (χ0n) is 47.8. The Balaban J connectivity index is 4.29. The average Bonchev–Trinajstić information content (AvgIpc) is 3.36. The zero-order valence-corrected chi connectivity index (χ0v) is 48.7. The predicted octanol–water partition coefficient (Wildman–Crippen LogP) is 18.4. The first kappa shape index (κ1) is 70.4. The highest BCUT2D eigenvalue weighted by molar-refractivity contribution is 7.47. The van der Waals surface area contributed by atoms with Gasteiger partial charge in [0.1, 0.15) is 19.8 Å². The lowest BCUT2D eigenvalue weighted by molar-refractivity contribution is -0.870. The molecule has 0 aromatic heterocycles.